The summed E-state index contributed by atoms with van der Waals surface area (Å²) >= 11 is 0. The third-order valence-electron chi connectivity index (χ3n) is 3.50. The lowest BCUT2D eigenvalue weighted by Crippen LogP contribution is -2.48. The van der Waals surface area contributed by atoms with E-state index in [9.17, 15) is 13.9 Å². The number of aliphatic hydroxyl groups excluding tert-OH is 1. The molecule has 1 unspecified atom stereocenters. The van der Waals surface area contributed by atoms with Gasteiger partial charge in [-0.2, -0.15) is 0 Å². The predicted octanol–water partition coefficient (Wildman–Crippen LogP) is 2.87. The Labute approximate surface area is 119 Å². The summed E-state index contributed by atoms with van der Waals surface area (Å²) in [6, 6.07) is 3.64. The van der Waals surface area contributed by atoms with Crippen LogP contribution in [0.25, 0.3) is 0 Å². The number of ether oxygens (including phenoxy) is 1. The van der Waals surface area contributed by atoms with Gasteiger partial charge in [0.1, 0.15) is 0 Å². The second-order valence-corrected chi connectivity index (χ2v) is 4.83. The molecule has 1 atom stereocenters. The molecule has 3 nitrogen and oxygen atoms in total. The van der Waals surface area contributed by atoms with E-state index in [0.29, 0.717) is 12.8 Å². The zero-order chi connectivity index (χ0) is 15.0. The van der Waals surface area contributed by atoms with E-state index in [1.807, 2.05) is 13.8 Å². The zero-order valence-electron chi connectivity index (χ0n) is 12.1. The third-order valence-corrected chi connectivity index (χ3v) is 3.50. The summed E-state index contributed by atoms with van der Waals surface area (Å²) in [5, 5.41) is 12.8. The van der Waals surface area contributed by atoms with Crippen molar-refractivity contribution in [3.63, 3.8) is 0 Å². The summed E-state index contributed by atoms with van der Waals surface area (Å²) in [5.41, 5.74) is -0.341. The van der Waals surface area contributed by atoms with Crippen LogP contribution in [0.5, 0.6) is 5.75 Å². The van der Waals surface area contributed by atoms with Crippen LogP contribution in [-0.2, 0) is 0 Å². The molecule has 5 heteroatoms. The number of para-hydroxylation sites is 1. The van der Waals surface area contributed by atoms with E-state index in [0.717, 1.165) is 13.0 Å². The number of benzene rings is 1. The number of halogens is 2. The summed E-state index contributed by atoms with van der Waals surface area (Å²) in [4.78, 5) is 0. The lowest BCUT2D eigenvalue weighted by molar-refractivity contribution is 0.138. The van der Waals surface area contributed by atoms with Crippen LogP contribution in [0.2, 0.25) is 0 Å². The monoisotopic (exact) mass is 287 g/mol. The van der Waals surface area contributed by atoms with Gasteiger partial charge >= 0.3 is 0 Å². The van der Waals surface area contributed by atoms with Crippen molar-refractivity contribution in [3.05, 3.63) is 29.8 Å². The first-order valence-electron chi connectivity index (χ1n) is 7.01. The van der Waals surface area contributed by atoms with Gasteiger partial charge in [0, 0.05) is 5.54 Å². The van der Waals surface area contributed by atoms with Gasteiger partial charge in [0.05, 0.1) is 13.2 Å². The fraction of sp³-hybridized carbons (Fsp3) is 0.600. The molecule has 0 amide bonds. The Morgan fingerprint density at radius 3 is 2.40 bits per heavy atom. The predicted molar refractivity (Wildman–Crippen MR) is 74.9 cm³/mol. The molecule has 0 saturated heterocycles. The molecule has 0 aromatic heterocycles. The molecule has 2 N–H and O–H groups in total. The Morgan fingerprint density at radius 1 is 1.25 bits per heavy atom. The van der Waals surface area contributed by atoms with Gasteiger partial charge in [-0.05, 0) is 37.9 Å². The molecule has 0 bridgehead atoms. The van der Waals surface area contributed by atoms with E-state index in [1.165, 1.54) is 18.2 Å². The maximum Gasteiger partial charge on any atom is 0.190 e. The standard InChI is InChI=1S/C15H23F2NO2/c1-3-15(11-19,18-4-2)9-6-10-20-14-12(16)7-5-8-13(14)17/h5,7-8,18-19H,3-4,6,9-11H2,1-2H3. The number of hydrogen-bond donors (Lipinski definition) is 2. The smallest absolute Gasteiger partial charge is 0.190 e. The van der Waals surface area contributed by atoms with Crippen LogP contribution in [0.15, 0.2) is 18.2 Å². The Morgan fingerprint density at radius 2 is 1.90 bits per heavy atom. The van der Waals surface area contributed by atoms with E-state index in [-0.39, 0.29) is 24.5 Å². The van der Waals surface area contributed by atoms with Crippen molar-refractivity contribution in [2.45, 2.75) is 38.6 Å². The van der Waals surface area contributed by atoms with E-state index in [1.54, 1.807) is 0 Å². The molecule has 1 aromatic carbocycles. The van der Waals surface area contributed by atoms with Crippen LogP contribution in [0.3, 0.4) is 0 Å². The van der Waals surface area contributed by atoms with Crippen LogP contribution >= 0.6 is 0 Å². The minimum Gasteiger partial charge on any atom is -0.488 e. The molecule has 114 valence electrons. The van der Waals surface area contributed by atoms with Crippen molar-refractivity contribution in [3.8, 4) is 5.75 Å². The summed E-state index contributed by atoms with van der Waals surface area (Å²) in [6.45, 7) is 4.98. The number of nitrogens with one attached hydrogen (secondary N) is 1. The normalized spacial score (nSPS) is 14.1. The Bertz CT molecular complexity index is 389. The van der Waals surface area contributed by atoms with Crippen molar-refractivity contribution in [1.29, 1.82) is 0 Å². The van der Waals surface area contributed by atoms with Crippen LogP contribution in [-0.4, -0.2) is 30.4 Å². The minimum absolute atomic E-state index is 0.0331. The van der Waals surface area contributed by atoms with Crippen molar-refractivity contribution >= 4 is 0 Å². The first-order chi connectivity index (χ1) is 9.58. The Hall–Kier alpha value is -1.20. The number of aliphatic hydroxyl groups is 1. The van der Waals surface area contributed by atoms with Crippen LogP contribution in [0, 0.1) is 11.6 Å². The second kappa shape index (κ2) is 8.17. The molecule has 20 heavy (non-hydrogen) atoms. The van der Waals surface area contributed by atoms with Gasteiger partial charge in [-0.3, -0.25) is 0 Å². The highest BCUT2D eigenvalue weighted by Crippen LogP contribution is 2.22. The summed E-state index contributed by atoms with van der Waals surface area (Å²) in [7, 11) is 0. The first-order valence-corrected chi connectivity index (χ1v) is 7.01. The maximum absolute atomic E-state index is 13.3. The number of hydrogen-bond acceptors (Lipinski definition) is 3. The molecule has 0 aliphatic carbocycles. The SMILES string of the molecule is CCNC(CC)(CO)CCCOc1c(F)cccc1F. The molecule has 1 aromatic rings. The molecule has 0 saturated carbocycles. The van der Waals surface area contributed by atoms with Gasteiger partial charge in [-0.25, -0.2) is 8.78 Å². The van der Waals surface area contributed by atoms with E-state index >= 15 is 0 Å². The topological polar surface area (TPSA) is 41.5 Å². The van der Waals surface area contributed by atoms with Crippen molar-refractivity contribution in [1.82, 2.24) is 5.32 Å². The molecule has 0 heterocycles. The van der Waals surface area contributed by atoms with E-state index < -0.39 is 11.6 Å². The number of rotatable bonds is 9. The van der Waals surface area contributed by atoms with Gasteiger partial charge < -0.3 is 15.2 Å². The Kier molecular flexibility index (Phi) is 6.88. The Balaban J connectivity index is 2.48. The number of likely N-dealkylation sites (N-methyl/N-ethyl adjacent to an activating group) is 1. The van der Waals surface area contributed by atoms with Gasteiger partial charge in [0.25, 0.3) is 0 Å². The molecule has 0 radical (unpaired) electrons. The summed E-state index contributed by atoms with van der Waals surface area (Å²) in [5.74, 6) is -1.72. The van der Waals surface area contributed by atoms with Crippen LogP contribution in [0.1, 0.15) is 33.1 Å². The lowest BCUT2D eigenvalue weighted by atomic mass is 9.91. The lowest BCUT2D eigenvalue weighted by Gasteiger charge is -2.31. The molecule has 1 rings (SSSR count). The molecular formula is C15H23F2NO2. The van der Waals surface area contributed by atoms with Gasteiger partial charge in [0.15, 0.2) is 17.4 Å². The van der Waals surface area contributed by atoms with Crippen LogP contribution in [0.4, 0.5) is 8.78 Å². The van der Waals surface area contributed by atoms with Gasteiger partial charge in [-0.15, -0.1) is 0 Å². The highest BCUT2D eigenvalue weighted by Gasteiger charge is 2.25. The van der Waals surface area contributed by atoms with Gasteiger partial charge in [0.2, 0.25) is 0 Å². The van der Waals surface area contributed by atoms with E-state index in [4.69, 9.17) is 4.74 Å². The third kappa shape index (κ3) is 4.42. The first kappa shape index (κ1) is 16.9. The molecule has 0 aliphatic heterocycles. The summed E-state index contributed by atoms with van der Waals surface area (Å²) in [6.07, 6.45) is 2.07. The summed E-state index contributed by atoms with van der Waals surface area (Å²) < 4.78 is 31.9. The molecule has 0 fully saturated rings. The molecule has 0 spiro atoms. The average molecular weight is 287 g/mol. The van der Waals surface area contributed by atoms with Crippen molar-refractivity contribution in [2.75, 3.05) is 19.8 Å². The largest absolute Gasteiger partial charge is 0.488 e. The zero-order valence-corrected chi connectivity index (χ0v) is 12.1. The molecular weight excluding hydrogens is 264 g/mol. The van der Waals surface area contributed by atoms with Crippen molar-refractivity contribution in [2.24, 2.45) is 0 Å². The maximum atomic E-state index is 13.3. The van der Waals surface area contributed by atoms with Gasteiger partial charge in [-0.1, -0.05) is 19.9 Å². The fourth-order valence-electron chi connectivity index (χ4n) is 2.22. The highest BCUT2D eigenvalue weighted by molar-refractivity contribution is 5.25. The minimum atomic E-state index is -0.694. The molecule has 0 aliphatic rings. The van der Waals surface area contributed by atoms with Crippen LogP contribution < -0.4 is 10.1 Å². The quantitative estimate of drug-likeness (QED) is 0.686. The fourth-order valence-corrected chi connectivity index (χ4v) is 2.22. The second-order valence-electron chi connectivity index (χ2n) is 4.83. The van der Waals surface area contributed by atoms with E-state index in [2.05, 4.69) is 5.32 Å². The average Bonchev–Trinajstić information content (AvgIpc) is 2.45. The van der Waals surface area contributed by atoms with Crippen molar-refractivity contribution < 1.29 is 18.6 Å². The highest BCUT2D eigenvalue weighted by atomic mass is 19.1.